The van der Waals surface area contributed by atoms with Crippen molar-refractivity contribution in [2.75, 3.05) is 47.3 Å². The molecule has 1 fully saturated rings. The van der Waals surface area contributed by atoms with Crippen molar-refractivity contribution < 1.29 is 14.3 Å². The fourth-order valence-corrected chi connectivity index (χ4v) is 4.59. The molecule has 0 atom stereocenters. The van der Waals surface area contributed by atoms with Gasteiger partial charge in [-0.05, 0) is 95.3 Å². The first-order valence-electron chi connectivity index (χ1n) is 15.6. The van der Waals surface area contributed by atoms with Crippen molar-refractivity contribution in [3.05, 3.63) is 58.0 Å². The lowest BCUT2D eigenvalue weighted by Crippen LogP contribution is -2.42. The zero-order valence-corrected chi connectivity index (χ0v) is 31.3. The molecule has 0 saturated carbocycles. The highest BCUT2D eigenvalue weighted by molar-refractivity contribution is 9.10. The SMILES string of the molecule is C=C(OC(C)(C)C)N1CCC(C(=NC)NC(C)=Nc2cc(Oc3cc(C=O)ccc3Cl)c(Br)cn2)CC1.CCC.CNCCNC. The molecule has 0 amide bonds. The summed E-state index contributed by atoms with van der Waals surface area (Å²) in [6.07, 6.45) is 5.45. The maximum Gasteiger partial charge on any atom is 0.182 e. The first-order chi connectivity index (χ1) is 21.8. The molecule has 0 unspecified atom stereocenters. The van der Waals surface area contributed by atoms with E-state index >= 15 is 0 Å². The van der Waals surface area contributed by atoms with Crippen LogP contribution in [0.25, 0.3) is 0 Å². The van der Waals surface area contributed by atoms with Crippen LogP contribution in [0, 0.1) is 5.92 Å². The van der Waals surface area contributed by atoms with E-state index in [-0.39, 0.29) is 11.5 Å². The maximum atomic E-state index is 11.1. The third kappa shape index (κ3) is 15.5. The van der Waals surface area contributed by atoms with Crippen LogP contribution in [0.1, 0.15) is 71.2 Å². The van der Waals surface area contributed by atoms with Crippen LogP contribution in [-0.2, 0) is 4.74 Å². The number of likely N-dealkylation sites (N-methyl/N-ethyl adjacent to an activating group) is 2. The van der Waals surface area contributed by atoms with E-state index < -0.39 is 0 Å². The molecule has 2 heterocycles. The Hall–Kier alpha value is -2.99. The minimum atomic E-state index is -0.267. The van der Waals surface area contributed by atoms with Crippen LogP contribution in [-0.4, -0.2) is 80.8 Å². The second kappa shape index (κ2) is 21.7. The Bertz CT molecular complexity index is 1290. The summed E-state index contributed by atoms with van der Waals surface area (Å²) in [5, 5.41) is 9.75. The topological polar surface area (TPSA) is 112 Å². The van der Waals surface area contributed by atoms with Gasteiger partial charge in [-0.3, -0.25) is 9.79 Å². The molecule has 2 aromatic rings. The van der Waals surface area contributed by atoms with Gasteiger partial charge in [0.25, 0.3) is 0 Å². The van der Waals surface area contributed by atoms with Gasteiger partial charge in [0, 0.05) is 57.0 Å². The Labute approximate surface area is 289 Å². The molecule has 3 rings (SSSR count). The number of nitrogens with one attached hydrogen (secondary N) is 3. The van der Waals surface area contributed by atoms with Gasteiger partial charge >= 0.3 is 0 Å². The summed E-state index contributed by atoms with van der Waals surface area (Å²) in [6.45, 7) is 20.1. The van der Waals surface area contributed by atoms with Crippen molar-refractivity contribution in [2.24, 2.45) is 15.9 Å². The van der Waals surface area contributed by atoms with Gasteiger partial charge in [0.15, 0.2) is 11.7 Å². The number of rotatable bonds is 10. The minimum absolute atomic E-state index is 0.267. The molecule has 0 aliphatic carbocycles. The van der Waals surface area contributed by atoms with E-state index in [1.165, 1.54) is 6.42 Å². The Morgan fingerprint density at radius 2 is 1.76 bits per heavy atom. The summed E-state index contributed by atoms with van der Waals surface area (Å²) >= 11 is 9.69. The average Bonchev–Trinajstić information content (AvgIpc) is 3.01. The number of aldehydes is 1. The van der Waals surface area contributed by atoms with E-state index in [0.717, 1.165) is 51.1 Å². The van der Waals surface area contributed by atoms with Crippen molar-refractivity contribution in [1.82, 2.24) is 25.8 Å². The van der Waals surface area contributed by atoms with Crippen LogP contribution in [0.2, 0.25) is 5.02 Å². The number of hydrogen-bond acceptors (Lipinski definition) is 9. The molecule has 46 heavy (non-hydrogen) atoms. The number of benzene rings is 1. The molecule has 3 N–H and O–H groups in total. The van der Waals surface area contributed by atoms with Crippen LogP contribution < -0.4 is 20.7 Å². The highest BCUT2D eigenvalue weighted by Crippen LogP contribution is 2.35. The van der Waals surface area contributed by atoms with E-state index in [2.05, 4.69) is 72.2 Å². The van der Waals surface area contributed by atoms with E-state index in [0.29, 0.717) is 44.1 Å². The smallest absolute Gasteiger partial charge is 0.182 e. The molecular formula is C34H53BrClN7O3. The van der Waals surface area contributed by atoms with Crippen LogP contribution in [0.5, 0.6) is 11.5 Å². The highest BCUT2D eigenvalue weighted by Gasteiger charge is 2.26. The van der Waals surface area contributed by atoms with E-state index in [4.69, 9.17) is 21.1 Å². The predicted octanol–water partition coefficient (Wildman–Crippen LogP) is 7.61. The van der Waals surface area contributed by atoms with Gasteiger partial charge in [-0.1, -0.05) is 31.9 Å². The molecule has 12 heteroatoms. The normalized spacial score (nSPS) is 13.9. The van der Waals surface area contributed by atoms with Crippen molar-refractivity contribution in [3.8, 4) is 11.5 Å². The maximum absolute atomic E-state index is 11.1. The summed E-state index contributed by atoms with van der Waals surface area (Å²) < 4.78 is 12.5. The fourth-order valence-electron chi connectivity index (χ4n) is 4.14. The number of piperidine rings is 1. The first-order valence-corrected chi connectivity index (χ1v) is 16.8. The summed E-state index contributed by atoms with van der Waals surface area (Å²) in [7, 11) is 5.67. The quantitative estimate of drug-likeness (QED) is 0.0756. The predicted molar refractivity (Wildman–Crippen MR) is 196 cm³/mol. The third-order valence-electron chi connectivity index (χ3n) is 6.23. The molecule has 256 valence electrons. The largest absolute Gasteiger partial charge is 0.474 e. The molecular weight excluding hydrogens is 670 g/mol. The number of pyridine rings is 1. The third-order valence-corrected chi connectivity index (χ3v) is 7.14. The van der Waals surface area contributed by atoms with Crippen LogP contribution in [0.3, 0.4) is 0 Å². The van der Waals surface area contributed by atoms with E-state index in [1.807, 2.05) is 41.8 Å². The molecule has 0 bridgehead atoms. The van der Waals surface area contributed by atoms with Gasteiger partial charge in [-0.25, -0.2) is 9.98 Å². The van der Waals surface area contributed by atoms with Gasteiger partial charge in [0.05, 0.1) is 9.50 Å². The highest BCUT2D eigenvalue weighted by atomic mass is 79.9. The zero-order chi connectivity index (χ0) is 34.7. The lowest BCUT2D eigenvalue weighted by atomic mass is 9.95. The lowest BCUT2D eigenvalue weighted by Gasteiger charge is -2.37. The molecule has 0 radical (unpaired) electrons. The molecule has 1 aliphatic heterocycles. The number of halogens is 2. The zero-order valence-electron chi connectivity index (χ0n) is 29.0. The second-order valence-corrected chi connectivity index (χ2v) is 12.9. The number of hydrogen-bond donors (Lipinski definition) is 3. The lowest BCUT2D eigenvalue weighted by molar-refractivity contribution is -0.00338. The second-order valence-electron chi connectivity index (χ2n) is 11.6. The molecule has 10 nitrogen and oxygen atoms in total. The van der Waals surface area contributed by atoms with Gasteiger partial charge in [-0.15, -0.1) is 0 Å². The van der Waals surface area contributed by atoms with E-state index in [1.54, 1.807) is 37.5 Å². The Balaban J connectivity index is 0.00000104. The minimum Gasteiger partial charge on any atom is -0.474 e. The molecule has 0 spiro atoms. The number of likely N-dealkylation sites (tertiary alicyclic amines) is 1. The van der Waals surface area contributed by atoms with Gasteiger partial charge in [0.1, 0.15) is 35.1 Å². The Kier molecular flexibility index (Phi) is 19.4. The number of aromatic nitrogens is 1. The molecule has 1 aromatic carbocycles. The monoisotopic (exact) mass is 721 g/mol. The van der Waals surface area contributed by atoms with Crippen molar-refractivity contribution in [1.29, 1.82) is 0 Å². The number of carbonyl (C=O) groups excluding carboxylic acids is 1. The summed E-state index contributed by atoms with van der Waals surface area (Å²) in [6, 6.07) is 6.52. The van der Waals surface area contributed by atoms with Crippen LogP contribution >= 0.6 is 27.5 Å². The Morgan fingerprint density at radius 1 is 1.15 bits per heavy atom. The standard InChI is InChI=1S/C27H33BrClN5O3.C4H12N2.C3H8/c1-17(33-26(30-6)20-9-11-34(12-10-20)18(2)37-27(3,4)5)32-25-14-23(21(28)15-31-25)36-24-13-19(16-35)7-8-22(24)29;1-5-3-4-6-2;1-3-2/h7-8,13-16,20H,2,9-12H2,1,3-6H3,(H,30,31,32,33);5-6H,3-4H2,1-2H3;3H2,1-2H3. The van der Waals surface area contributed by atoms with Crippen LogP contribution in [0.15, 0.2) is 57.4 Å². The number of amidine groups is 2. The molecule has 1 saturated heterocycles. The van der Waals surface area contributed by atoms with Crippen LogP contribution in [0.4, 0.5) is 5.82 Å². The van der Waals surface area contributed by atoms with Crippen molar-refractivity contribution in [3.63, 3.8) is 0 Å². The number of ether oxygens (including phenoxy) is 2. The summed E-state index contributed by atoms with van der Waals surface area (Å²) in [5.74, 6) is 3.82. The molecule has 1 aromatic heterocycles. The fraction of sp³-hybridized carbons (Fsp3) is 0.529. The number of nitrogens with zero attached hydrogens (tertiary/aromatic N) is 4. The Morgan fingerprint density at radius 3 is 2.28 bits per heavy atom. The van der Waals surface area contributed by atoms with Crippen molar-refractivity contribution in [2.45, 2.75) is 66.4 Å². The number of carbonyl (C=O) groups is 1. The summed E-state index contributed by atoms with van der Waals surface area (Å²) in [4.78, 5) is 26.8. The van der Waals surface area contributed by atoms with Gasteiger partial charge in [-0.2, -0.15) is 0 Å². The van der Waals surface area contributed by atoms with Gasteiger partial charge < -0.3 is 30.3 Å². The summed E-state index contributed by atoms with van der Waals surface area (Å²) in [5.41, 5.74) is 0.197. The van der Waals surface area contributed by atoms with Crippen molar-refractivity contribution >= 4 is 51.3 Å². The molecule has 1 aliphatic rings. The van der Waals surface area contributed by atoms with E-state index in [9.17, 15) is 4.79 Å². The van der Waals surface area contributed by atoms with Gasteiger partial charge in [0.2, 0.25) is 0 Å². The number of aliphatic imine (C=N–C) groups is 2. The first kappa shape index (κ1) is 41.0. The average molecular weight is 723 g/mol.